The molecule has 0 aliphatic rings. The van der Waals surface area contributed by atoms with Crippen LogP contribution in [0.25, 0.3) is 6.08 Å². The van der Waals surface area contributed by atoms with Crippen LogP contribution in [0.2, 0.25) is 0 Å². The van der Waals surface area contributed by atoms with Crippen molar-refractivity contribution in [3.8, 4) is 0 Å². The van der Waals surface area contributed by atoms with Gasteiger partial charge in [-0.2, -0.15) is 5.10 Å². The number of hydrogen-bond donors (Lipinski definition) is 2. The van der Waals surface area contributed by atoms with Crippen molar-refractivity contribution in [2.24, 2.45) is 5.10 Å². The van der Waals surface area contributed by atoms with E-state index in [4.69, 9.17) is 0 Å². The molecule has 0 radical (unpaired) electrons. The van der Waals surface area contributed by atoms with Gasteiger partial charge in [-0.3, -0.25) is 4.79 Å². The van der Waals surface area contributed by atoms with Gasteiger partial charge in [-0.05, 0) is 73.5 Å². The third-order valence-corrected chi connectivity index (χ3v) is 5.60. The normalized spacial score (nSPS) is 11.9. The van der Waals surface area contributed by atoms with Gasteiger partial charge in [0.15, 0.2) is 0 Å². The predicted octanol–water partition coefficient (Wildman–Crippen LogP) is 6.71. The Bertz CT molecular complexity index is 867. The molecule has 0 saturated heterocycles. The number of benzene rings is 2. The van der Waals surface area contributed by atoms with Crippen molar-refractivity contribution in [1.82, 2.24) is 5.43 Å². The molecule has 0 aromatic heterocycles. The number of carbonyl (C=O) groups is 1. The molecule has 0 unspecified atom stereocenters. The van der Waals surface area contributed by atoms with Gasteiger partial charge < -0.3 is 5.32 Å². The molecule has 2 rings (SSSR count). The van der Waals surface area contributed by atoms with Crippen molar-refractivity contribution in [1.29, 1.82) is 0 Å². The Hall–Kier alpha value is -1.44. The van der Waals surface area contributed by atoms with Crippen LogP contribution in [0.4, 0.5) is 5.69 Å². The molecule has 2 N–H and O–H groups in total. The Balaban J connectivity index is 1.87. The maximum Gasteiger partial charge on any atom is 0.259 e. The Morgan fingerprint density at radius 3 is 2.29 bits per heavy atom. The summed E-state index contributed by atoms with van der Waals surface area (Å²) in [5, 5.41) is 7.11. The minimum Gasteiger partial charge on any atom is -0.374 e. The zero-order chi connectivity index (χ0) is 20.7. The highest BCUT2D eigenvalue weighted by molar-refractivity contribution is 9.11. The summed E-state index contributed by atoms with van der Waals surface area (Å²) < 4.78 is 2.64. The number of rotatable bonds is 7. The molecule has 1 amide bonds. The summed E-state index contributed by atoms with van der Waals surface area (Å²) in [6, 6.07) is 12.3. The number of nitrogens with zero attached hydrogens (tertiary/aromatic N) is 1. The minimum absolute atomic E-state index is 0.107. The number of hydrazone groups is 1. The summed E-state index contributed by atoms with van der Waals surface area (Å²) in [4.78, 5) is 12.0. The lowest BCUT2D eigenvalue weighted by Crippen LogP contribution is -2.26. The molecule has 0 spiro atoms. The fraction of sp³-hybridized carbons (Fsp3) is 0.238. The Kier molecular flexibility index (Phi) is 8.92. The molecular weight excluding hydrogens is 550 g/mol. The van der Waals surface area contributed by atoms with E-state index in [0.29, 0.717) is 5.92 Å². The molecule has 4 nitrogen and oxygen atoms in total. The van der Waals surface area contributed by atoms with Gasteiger partial charge in [0.2, 0.25) is 0 Å². The van der Waals surface area contributed by atoms with E-state index in [2.05, 4.69) is 102 Å². The van der Waals surface area contributed by atoms with Crippen LogP contribution in [0.3, 0.4) is 0 Å². The summed E-state index contributed by atoms with van der Waals surface area (Å²) in [6.07, 6.45) is 3.66. The maximum atomic E-state index is 12.0. The Morgan fingerprint density at radius 1 is 1.11 bits per heavy atom. The Morgan fingerprint density at radius 2 is 1.71 bits per heavy atom. The number of allylic oxidation sites excluding steroid dienone is 1. The molecular formula is C21H22Br3N3O. The number of halogens is 3. The zero-order valence-corrected chi connectivity index (χ0v) is 20.7. The van der Waals surface area contributed by atoms with Crippen molar-refractivity contribution < 1.29 is 4.79 Å². The molecule has 0 aliphatic heterocycles. The molecule has 0 saturated carbocycles. The van der Waals surface area contributed by atoms with E-state index in [-0.39, 0.29) is 12.5 Å². The standard InChI is InChI=1S/C21H22Br3N3O/c1-13(2)16-6-4-15(5-7-16)8-14(3)11-26-27-20(28)12-25-21-18(23)9-17(22)10-19(21)24/h4-11,13,25H,12H2,1-3H3,(H,27,28). The van der Waals surface area contributed by atoms with Gasteiger partial charge in [-0.15, -0.1) is 0 Å². The summed E-state index contributed by atoms with van der Waals surface area (Å²) in [5.41, 5.74) is 6.70. The fourth-order valence-corrected chi connectivity index (χ4v) is 4.94. The van der Waals surface area contributed by atoms with Crippen LogP contribution in [-0.2, 0) is 4.79 Å². The minimum atomic E-state index is -0.230. The average Bonchev–Trinajstić information content (AvgIpc) is 2.61. The highest BCUT2D eigenvalue weighted by atomic mass is 79.9. The molecule has 0 fully saturated rings. The van der Waals surface area contributed by atoms with Crippen molar-refractivity contribution in [2.75, 3.05) is 11.9 Å². The second-order valence-corrected chi connectivity index (χ2v) is 9.23. The summed E-state index contributed by atoms with van der Waals surface area (Å²) >= 11 is 10.4. The van der Waals surface area contributed by atoms with E-state index in [0.717, 1.165) is 30.2 Å². The molecule has 28 heavy (non-hydrogen) atoms. The summed E-state index contributed by atoms with van der Waals surface area (Å²) in [6.45, 7) is 6.40. The van der Waals surface area contributed by atoms with Gasteiger partial charge in [0.1, 0.15) is 0 Å². The van der Waals surface area contributed by atoms with Gasteiger partial charge in [0.05, 0.1) is 18.4 Å². The molecule has 0 heterocycles. The number of nitrogens with one attached hydrogen (secondary N) is 2. The molecule has 2 aromatic rings. The van der Waals surface area contributed by atoms with Gasteiger partial charge in [0.25, 0.3) is 5.91 Å². The van der Waals surface area contributed by atoms with Crippen LogP contribution in [0.15, 0.2) is 60.5 Å². The monoisotopic (exact) mass is 569 g/mol. The van der Waals surface area contributed by atoms with Crippen molar-refractivity contribution in [2.45, 2.75) is 26.7 Å². The van der Waals surface area contributed by atoms with E-state index >= 15 is 0 Å². The molecule has 0 bridgehead atoms. The Labute approximate surface area is 191 Å². The molecule has 0 atom stereocenters. The van der Waals surface area contributed by atoms with E-state index < -0.39 is 0 Å². The van der Waals surface area contributed by atoms with Crippen molar-refractivity contribution in [3.05, 3.63) is 66.5 Å². The van der Waals surface area contributed by atoms with Crippen molar-refractivity contribution in [3.63, 3.8) is 0 Å². The van der Waals surface area contributed by atoms with E-state index in [1.807, 2.05) is 25.1 Å². The highest BCUT2D eigenvalue weighted by Crippen LogP contribution is 2.34. The van der Waals surface area contributed by atoms with Gasteiger partial charge in [-0.25, -0.2) is 5.43 Å². The lowest BCUT2D eigenvalue weighted by atomic mass is 10.0. The largest absolute Gasteiger partial charge is 0.374 e. The first kappa shape index (κ1) is 22.8. The SMILES string of the molecule is CC(C=NNC(=O)CNc1c(Br)cc(Br)cc1Br)=Cc1ccc(C(C)C)cc1. The van der Waals surface area contributed by atoms with Crippen molar-refractivity contribution >= 4 is 71.7 Å². The first-order chi connectivity index (χ1) is 13.3. The highest BCUT2D eigenvalue weighted by Gasteiger charge is 2.08. The second kappa shape index (κ2) is 10.9. The van der Waals surface area contributed by atoms with Crippen LogP contribution in [0.5, 0.6) is 0 Å². The lowest BCUT2D eigenvalue weighted by molar-refractivity contribution is -0.119. The van der Waals surface area contributed by atoms with Gasteiger partial charge in [-0.1, -0.05) is 60.1 Å². The van der Waals surface area contributed by atoms with E-state index in [9.17, 15) is 4.79 Å². The molecule has 7 heteroatoms. The number of hydrogen-bond acceptors (Lipinski definition) is 3. The van der Waals surface area contributed by atoms with Crippen LogP contribution in [-0.4, -0.2) is 18.7 Å². The molecule has 148 valence electrons. The topological polar surface area (TPSA) is 53.5 Å². The summed E-state index contributed by atoms with van der Waals surface area (Å²) in [7, 11) is 0. The van der Waals surface area contributed by atoms with Gasteiger partial charge >= 0.3 is 0 Å². The number of carbonyl (C=O) groups excluding carboxylic acids is 1. The number of anilines is 1. The number of amides is 1. The van der Waals surface area contributed by atoms with Crippen LogP contribution in [0.1, 0.15) is 37.8 Å². The maximum absolute atomic E-state index is 12.0. The first-order valence-electron chi connectivity index (χ1n) is 8.75. The predicted molar refractivity (Wildman–Crippen MR) is 129 cm³/mol. The smallest absolute Gasteiger partial charge is 0.259 e. The van der Waals surface area contributed by atoms with Crippen LogP contribution < -0.4 is 10.7 Å². The lowest BCUT2D eigenvalue weighted by Gasteiger charge is -2.10. The zero-order valence-electron chi connectivity index (χ0n) is 15.9. The van der Waals surface area contributed by atoms with Crippen LogP contribution in [0, 0.1) is 0 Å². The van der Waals surface area contributed by atoms with Crippen LogP contribution >= 0.6 is 47.8 Å². The average molecular weight is 572 g/mol. The third-order valence-electron chi connectivity index (χ3n) is 3.89. The quantitative estimate of drug-likeness (QED) is 0.286. The van der Waals surface area contributed by atoms with E-state index in [1.54, 1.807) is 6.21 Å². The first-order valence-corrected chi connectivity index (χ1v) is 11.1. The summed E-state index contributed by atoms with van der Waals surface area (Å²) in [5.74, 6) is 0.287. The third kappa shape index (κ3) is 7.18. The van der Waals surface area contributed by atoms with E-state index in [1.165, 1.54) is 5.56 Å². The molecule has 0 aliphatic carbocycles. The molecule has 2 aromatic carbocycles. The fourth-order valence-electron chi connectivity index (χ4n) is 2.40. The second-order valence-electron chi connectivity index (χ2n) is 6.60. The van der Waals surface area contributed by atoms with Gasteiger partial charge in [0, 0.05) is 13.4 Å².